The van der Waals surface area contributed by atoms with Gasteiger partial charge in [0, 0.05) is 27.9 Å². The van der Waals surface area contributed by atoms with E-state index in [9.17, 15) is 0 Å². The summed E-state index contributed by atoms with van der Waals surface area (Å²) in [5.74, 6) is 0. The zero-order valence-corrected chi connectivity index (χ0v) is 30.5. The fourth-order valence-electron chi connectivity index (χ4n) is 10.0. The van der Waals surface area contributed by atoms with Crippen LogP contribution in [0, 0.1) is 0 Å². The first kappa shape index (κ1) is 30.4. The van der Waals surface area contributed by atoms with Crippen LogP contribution in [0.15, 0.2) is 164 Å². The molecule has 2 aliphatic carbocycles. The maximum absolute atomic E-state index is 2.46. The molecule has 0 saturated heterocycles. The molecule has 0 unspecified atom stereocenters. The Hall–Kier alpha value is -6.18. The molecule has 0 radical (unpaired) electrons. The Bertz CT molecular complexity index is 3000. The van der Waals surface area contributed by atoms with Gasteiger partial charge in [0.2, 0.25) is 0 Å². The van der Waals surface area contributed by atoms with E-state index in [0.717, 1.165) is 17.1 Å². The Morgan fingerprint density at radius 2 is 0.906 bits per heavy atom. The lowest BCUT2D eigenvalue weighted by atomic mass is 9.78. The summed E-state index contributed by atoms with van der Waals surface area (Å²) < 4.78 is 0. The molecule has 0 atom stereocenters. The highest BCUT2D eigenvalue weighted by Gasteiger charge is 2.39. The van der Waals surface area contributed by atoms with E-state index in [2.05, 4.69) is 196 Å². The summed E-state index contributed by atoms with van der Waals surface area (Å²) in [6.45, 7) is 9.57. The average Bonchev–Trinajstić information content (AvgIpc) is 3.57. The minimum Gasteiger partial charge on any atom is -0.310 e. The molecule has 0 bridgehead atoms. The lowest BCUT2D eigenvalue weighted by Crippen LogP contribution is -2.16. The fraction of sp³-hybridized carbons (Fsp3) is 0.115. The third-order valence-electron chi connectivity index (χ3n) is 12.5. The van der Waals surface area contributed by atoms with Crippen molar-refractivity contribution >= 4 is 60.2 Å². The van der Waals surface area contributed by atoms with Crippen LogP contribution >= 0.6 is 0 Å². The molecular weight excluding hydrogens is 639 g/mol. The van der Waals surface area contributed by atoms with E-state index in [0.29, 0.717) is 0 Å². The van der Waals surface area contributed by atoms with Gasteiger partial charge < -0.3 is 4.90 Å². The summed E-state index contributed by atoms with van der Waals surface area (Å²) in [6.07, 6.45) is 0. The van der Waals surface area contributed by atoms with E-state index in [1.807, 2.05) is 0 Å². The lowest BCUT2D eigenvalue weighted by Gasteiger charge is -2.28. The highest BCUT2D eigenvalue weighted by atomic mass is 15.1. The normalized spacial score (nSPS) is 14.7. The number of hydrogen-bond acceptors (Lipinski definition) is 1. The number of fused-ring (bicyclic) bond motifs is 13. The maximum Gasteiger partial charge on any atom is 0.0468 e. The number of hydrogen-bond donors (Lipinski definition) is 0. The van der Waals surface area contributed by atoms with Crippen LogP contribution in [0.3, 0.4) is 0 Å². The molecule has 0 aliphatic heterocycles. The largest absolute Gasteiger partial charge is 0.310 e. The standard InChI is InChI=1S/C52H39N/c1-51(2)46-27-21-32-12-8-10-16-40(32)48(46)45-30-34-18-22-38(29-36(34)31-47(45)51)53(37-14-6-5-7-15-37)39-23-26-42-35(28-39)20-25-44-43-24-19-33-13-9-11-17-41(33)49(43)52(3,4)50(42)44/h5-31H,1-4H3. The van der Waals surface area contributed by atoms with E-state index in [4.69, 9.17) is 0 Å². The van der Waals surface area contributed by atoms with Crippen molar-refractivity contribution in [3.05, 3.63) is 186 Å². The molecule has 0 aromatic heterocycles. The first-order chi connectivity index (χ1) is 25.8. The third kappa shape index (κ3) is 4.20. The van der Waals surface area contributed by atoms with Crippen molar-refractivity contribution in [3.8, 4) is 22.3 Å². The second-order valence-corrected chi connectivity index (χ2v) is 16.2. The van der Waals surface area contributed by atoms with E-state index in [1.165, 1.54) is 87.6 Å². The second kappa shape index (κ2) is 10.7. The van der Waals surface area contributed by atoms with Crippen molar-refractivity contribution in [1.82, 2.24) is 0 Å². The van der Waals surface area contributed by atoms with Crippen LogP contribution in [0.4, 0.5) is 17.1 Å². The molecule has 9 aromatic carbocycles. The van der Waals surface area contributed by atoms with Crippen molar-refractivity contribution in [2.75, 3.05) is 4.90 Å². The number of benzene rings is 9. The monoisotopic (exact) mass is 677 g/mol. The van der Waals surface area contributed by atoms with Crippen LogP contribution in [0.5, 0.6) is 0 Å². The summed E-state index contributed by atoms with van der Waals surface area (Å²) in [4.78, 5) is 2.42. The SMILES string of the molecule is CC1(C)c2cc3cc(N(c4ccccc4)c4ccc5c6c(ccc5c4)-c4ccc5ccccc5c4C6(C)C)ccc3cc2-c2c1ccc1ccccc21. The van der Waals surface area contributed by atoms with Crippen molar-refractivity contribution in [2.24, 2.45) is 0 Å². The molecule has 0 spiro atoms. The predicted octanol–water partition coefficient (Wildman–Crippen LogP) is 14.4. The molecule has 0 saturated carbocycles. The van der Waals surface area contributed by atoms with Gasteiger partial charge in [-0.2, -0.15) is 0 Å². The Balaban J connectivity index is 1.06. The number of rotatable bonds is 3. The van der Waals surface area contributed by atoms with Gasteiger partial charge in [-0.05, 0) is 136 Å². The first-order valence-electron chi connectivity index (χ1n) is 18.8. The van der Waals surface area contributed by atoms with Crippen LogP contribution in [0.25, 0.3) is 65.3 Å². The van der Waals surface area contributed by atoms with E-state index < -0.39 is 0 Å². The Kier molecular flexibility index (Phi) is 6.14. The summed E-state index contributed by atoms with van der Waals surface area (Å²) in [7, 11) is 0. The topological polar surface area (TPSA) is 3.24 Å². The smallest absolute Gasteiger partial charge is 0.0468 e. The number of para-hydroxylation sites is 1. The number of anilines is 3. The van der Waals surface area contributed by atoms with Gasteiger partial charge in [0.25, 0.3) is 0 Å². The maximum atomic E-state index is 2.46. The Morgan fingerprint density at radius 3 is 1.66 bits per heavy atom. The van der Waals surface area contributed by atoms with Crippen molar-refractivity contribution in [2.45, 2.75) is 38.5 Å². The Morgan fingerprint density at radius 1 is 0.340 bits per heavy atom. The van der Waals surface area contributed by atoms with Crippen LogP contribution in [-0.4, -0.2) is 0 Å². The van der Waals surface area contributed by atoms with Gasteiger partial charge in [-0.3, -0.25) is 0 Å². The predicted molar refractivity (Wildman–Crippen MR) is 226 cm³/mol. The Labute approximate surface area is 310 Å². The highest BCUT2D eigenvalue weighted by molar-refractivity contribution is 6.07. The average molecular weight is 678 g/mol. The molecule has 0 heterocycles. The molecular formula is C52H39N. The quantitative estimate of drug-likeness (QED) is 0.180. The van der Waals surface area contributed by atoms with Gasteiger partial charge in [-0.15, -0.1) is 0 Å². The van der Waals surface area contributed by atoms with Crippen molar-refractivity contribution < 1.29 is 0 Å². The van der Waals surface area contributed by atoms with Gasteiger partial charge >= 0.3 is 0 Å². The fourth-order valence-corrected chi connectivity index (χ4v) is 10.0. The molecule has 252 valence electrons. The lowest BCUT2D eigenvalue weighted by molar-refractivity contribution is 0.661. The zero-order valence-electron chi connectivity index (χ0n) is 30.5. The first-order valence-corrected chi connectivity index (χ1v) is 18.8. The van der Waals surface area contributed by atoms with Gasteiger partial charge in [-0.25, -0.2) is 0 Å². The summed E-state index contributed by atoms with van der Waals surface area (Å²) in [5.41, 5.74) is 14.4. The van der Waals surface area contributed by atoms with E-state index >= 15 is 0 Å². The van der Waals surface area contributed by atoms with E-state index in [1.54, 1.807) is 0 Å². The van der Waals surface area contributed by atoms with Gasteiger partial charge in [-0.1, -0.05) is 143 Å². The van der Waals surface area contributed by atoms with Gasteiger partial charge in [0.05, 0.1) is 0 Å². The van der Waals surface area contributed by atoms with Gasteiger partial charge in [0.15, 0.2) is 0 Å². The molecule has 2 aliphatic rings. The molecule has 11 rings (SSSR count). The van der Waals surface area contributed by atoms with Crippen molar-refractivity contribution in [1.29, 1.82) is 0 Å². The molecule has 0 amide bonds. The molecule has 9 aromatic rings. The molecule has 1 heteroatoms. The van der Waals surface area contributed by atoms with Crippen molar-refractivity contribution in [3.63, 3.8) is 0 Å². The minimum absolute atomic E-state index is 0.0870. The number of nitrogens with zero attached hydrogens (tertiary/aromatic N) is 1. The van der Waals surface area contributed by atoms with Crippen LogP contribution in [-0.2, 0) is 10.8 Å². The summed E-state index contributed by atoms with van der Waals surface area (Å²) in [5, 5.41) is 10.4. The van der Waals surface area contributed by atoms with Gasteiger partial charge in [0.1, 0.15) is 0 Å². The highest BCUT2D eigenvalue weighted by Crippen LogP contribution is 2.55. The van der Waals surface area contributed by atoms with Crippen LogP contribution in [0.1, 0.15) is 49.9 Å². The molecule has 53 heavy (non-hydrogen) atoms. The second-order valence-electron chi connectivity index (χ2n) is 16.2. The summed E-state index contributed by atoms with van der Waals surface area (Å²) in [6, 6.07) is 61.4. The molecule has 0 fully saturated rings. The summed E-state index contributed by atoms with van der Waals surface area (Å²) >= 11 is 0. The van der Waals surface area contributed by atoms with E-state index in [-0.39, 0.29) is 10.8 Å². The molecule has 0 N–H and O–H groups in total. The van der Waals surface area contributed by atoms with Crippen LogP contribution < -0.4 is 4.90 Å². The molecule has 1 nitrogen and oxygen atoms in total. The van der Waals surface area contributed by atoms with Crippen LogP contribution in [0.2, 0.25) is 0 Å². The minimum atomic E-state index is -0.121. The third-order valence-corrected chi connectivity index (χ3v) is 12.5. The zero-order chi connectivity index (χ0) is 35.6.